The number of ether oxygens (including phenoxy) is 2. The summed E-state index contributed by atoms with van der Waals surface area (Å²) < 4.78 is 11.9. The van der Waals surface area contributed by atoms with Crippen LogP contribution in [-0.4, -0.2) is 43.9 Å². The lowest BCUT2D eigenvalue weighted by Crippen LogP contribution is -2.01. The third-order valence-electron chi connectivity index (χ3n) is 2.78. The Morgan fingerprint density at radius 3 is 2.71 bits per heavy atom. The monoisotopic (exact) mass is 284 g/mol. The summed E-state index contributed by atoms with van der Waals surface area (Å²) in [6.45, 7) is 0. The zero-order chi connectivity index (χ0) is 14.7. The molecular formula is C13H12N6O2. The second-order valence-corrected chi connectivity index (χ2v) is 3.99. The summed E-state index contributed by atoms with van der Waals surface area (Å²) in [4.78, 5) is 16.6. The van der Waals surface area contributed by atoms with Crippen molar-refractivity contribution in [2.75, 3.05) is 14.2 Å². The van der Waals surface area contributed by atoms with Gasteiger partial charge >= 0.3 is 6.01 Å². The van der Waals surface area contributed by atoms with Gasteiger partial charge in [-0.1, -0.05) is 0 Å². The largest absolute Gasteiger partial charge is 0.480 e. The third-order valence-corrected chi connectivity index (χ3v) is 2.78. The van der Waals surface area contributed by atoms with Crippen molar-refractivity contribution in [2.45, 2.75) is 0 Å². The van der Waals surface area contributed by atoms with E-state index in [2.05, 4.69) is 25.0 Å². The predicted octanol–water partition coefficient (Wildman–Crippen LogP) is 1.14. The molecule has 0 unspecified atom stereocenters. The summed E-state index contributed by atoms with van der Waals surface area (Å²) in [6, 6.07) is 3.83. The zero-order valence-electron chi connectivity index (χ0n) is 11.5. The van der Waals surface area contributed by atoms with Gasteiger partial charge in [0.25, 0.3) is 0 Å². The van der Waals surface area contributed by atoms with Crippen LogP contribution >= 0.6 is 0 Å². The molecular weight excluding hydrogens is 272 g/mol. The number of methoxy groups -OCH3 is 2. The van der Waals surface area contributed by atoms with E-state index in [1.165, 1.54) is 20.5 Å². The molecule has 0 aliphatic heterocycles. The fraction of sp³-hybridized carbons (Fsp3) is 0.154. The lowest BCUT2D eigenvalue weighted by Gasteiger charge is -2.08. The molecule has 0 bridgehead atoms. The van der Waals surface area contributed by atoms with E-state index in [-0.39, 0.29) is 6.01 Å². The highest BCUT2D eigenvalue weighted by atomic mass is 16.5. The fourth-order valence-electron chi connectivity index (χ4n) is 1.80. The van der Waals surface area contributed by atoms with Gasteiger partial charge in [-0.2, -0.15) is 10.1 Å². The first-order valence-corrected chi connectivity index (χ1v) is 6.09. The Bertz CT molecular complexity index is 744. The van der Waals surface area contributed by atoms with Crippen LogP contribution in [0.1, 0.15) is 0 Å². The average molecular weight is 284 g/mol. The van der Waals surface area contributed by atoms with Crippen LogP contribution in [0.15, 0.2) is 37.1 Å². The molecule has 3 aromatic rings. The molecule has 21 heavy (non-hydrogen) atoms. The quantitative estimate of drug-likeness (QED) is 0.709. The van der Waals surface area contributed by atoms with Gasteiger partial charge in [0.1, 0.15) is 6.33 Å². The van der Waals surface area contributed by atoms with Crippen molar-refractivity contribution in [3.8, 4) is 29.0 Å². The molecule has 106 valence electrons. The second-order valence-electron chi connectivity index (χ2n) is 3.99. The van der Waals surface area contributed by atoms with Gasteiger partial charge in [-0.05, 0) is 6.07 Å². The predicted molar refractivity (Wildman–Crippen MR) is 73.3 cm³/mol. The van der Waals surface area contributed by atoms with E-state index < -0.39 is 0 Å². The minimum absolute atomic E-state index is 0.233. The van der Waals surface area contributed by atoms with Gasteiger partial charge in [0.05, 0.1) is 25.5 Å². The van der Waals surface area contributed by atoms with E-state index in [4.69, 9.17) is 9.47 Å². The van der Waals surface area contributed by atoms with Gasteiger partial charge in [0, 0.05) is 24.7 Å². The molecule has 8 nitrogen and oxygen atoms in total. The van der Waals surface area contributed by atoms with Crippen molar-refractivity contribution in [3.63, 3.8) is 0 Å². The molecule has 0 amide bonds. The van der Waals surface area contributed by atoms with Crippen molar-refractivity contribution in [3.05, 3.63) is 37.1 Å². The maximum absolute atomic E-state index is 5.26. The average Bonchev–Trinajstić information content (AvgIpc) is 3.09. The standard InChI is InChI=1S/C13H12N6O2/c1-20-12-9(7-14-13(18-12)21-2)10-6-11(16-8-15-10)19-5-3-4-17-19/h3-8H,1-2H3. The van der Waals surface area contributed by atoms with E-state index in [0.717, 1.165) is 0 Å². The highest BCUT2D eigenvalue weighted by Crippen LogP contribution is 2.27. The minimum Gasteiger partial charge on any atom is -0.480 e. The minimum atomic E-state index is 0.233. The summed E-state index contributed by atoms with van der Waals surface area (Å²) in [5.74, 6) is 1.02. The number of hydrogen-bond donors (Lipinski definition) is 0. The molecule has 3 rings (SSSR count). The highest BCUT2D eigenvalue weighted by molar-refractivity contribution is 5.65. The van der Waals surface area contributed by atoms with Gasteiger partial charge in [-0.25, -0.2) is 19.6 Å². The van der Waals surface area contributed by atoms with Crippen LogP contribution in [0.4, 0.5) is 0 Å². The molecule has 0 aliphatic carbocycles. The van der Waals surface area contributed by atoms with E-state index in [1.807, 2.05) is 6.07 Å². The zero-order valence-corrected chi connectivity index (χ0v) is 11.5. The summed E-state index contributed by atoms with van der Waals surface area (Å²) in [7, 11) is 3.02. The lowest BCUT2D eigenvalue weighted by molar-refractivity contribution is 0.353. The van der Waals surface area contributed by atoms with Crippen molar-refractivity contribution in [1.82, 2.24) is 29.7 Å². The van der Waals surface area contributed by atoms with Crippen molar-refractivity contribution in [2.24, 2.45) is 0 Å². The molecule has 0 saturated heterocycles. The third kappa shape index (κ3) is 2.50. The molecule has 0 fully saturated rings. The van der Waals surface area contributed by atoms with Crippen LogP contribution in [0.2, 0.25) is 0 Å². The molecule has 0 aliphatic rings. The van der Waals surface area contributed by atoms with Crippen LogP contribution in [-0.2, 0) is 0 Å². The van der Waals surface area contributed by atoms with Gasteiger partial charge in [0.15, 0.2) is 5.82 Å². The highest BCUT2D eigenvalue weighted by Gasteiger charge is 2.13. The number of aromatic nitrogens is 6. The molecule has 8 heteroatoms. The number of hydrogen-bond acceptors (Lipinski definition) is 7. The Morgan fingerprint density at radius 1 is 1.10 bits per heavy atom. The number of nitrogens with zero attached hydrogens (tertiary/aromatic N) is 6. The van der Waals surface area contributed by atoms with E-state index in [9.17, 15) is 0 Å². The van der Waals surface area contributed by atoms with Crippen molar-refractivity contribution < 1.29 is 9.47 Å². The van der Waals surface area contributed by atoms with Crippen LogP contribution in [0, 0.1) is 0 Å². The van der Waals surface area contributed by atoms with Crippen molar-refractivity contribution in [1.29, 1.82) is 0 Å². The number of rotatable bonds is 4. The van der Waals surface area contributed by atoms with Crippen LogP contribution in [0.5, 0.6) is 11.9 Å². The molecule has 0 aromatic carbocycles. The smallest absolute Gasteiger partial charge is 0.319 e. The summed E-state index contributed by atoms with van der Waals surface area (Å²) in [6.07, 6.45) is 6.53. The van der Waals surface area contributed by atoms with E-state index in [1.54, 1.807) is 29.3 Å². The molecule has 0 atom stereocenters. The maximum Gasteiger partial charge on any atom is 0.319 e. The van der Waals surface area contributed by atoms with E-state index >= 15 is 0 Å². The molecule has 0 N–H and O–H groups in total. The van der Waals surface area contributed by atoms with Crippen LogP contribution in [0.3, 0.4) is 0 Å². The van der Waals surface area contributed by atoms with Gasteiger partial charge in [0.2, 0.25) is 5.88 Å². The molecule has 0 spiro atoms. The first-order valence-electron chi connectivity index (χ1n) is 6.09. The fourth-order valence-corrected chi connectivity index (χ4v) is 1.80. The topological polar surface area (TPSA) is 87.8 Å². The first kappa shape index (κ1) is 13.0. The van der Waals surface area contributed by atoms with Gasteiger partial charge < -0.3 is 9.47 Å². The van der Waals surface area contributed by atoms with Crippen molar-refractivity contribution >= 4 is 0 Å². The summed E-state index contributed by atoms with van der Waals surface area (Å²) >= 11 is 0. The normalized spacial score (nSPS) is 10.4. The molecule has 3 aromatic heterocycles. The van der Waals surface area contributed by atoms with Gasteiger partial charge in [-0.3, -0.25) is 0 Å². The maximum atomic E-state index is 5.26. The molecule has 0 saturated carbocycles. The Hall–Kier alpha value is -3.03. The lowest BCUT2D eigenvalue weighted by atomic mass is 10.2. The summed E-state index contributed by atoms with van der Waals surface area (Å²) in [5.41, 5.74) is 1.28. The summed E-state index contributed by atoms with van der Waals surface area (Å²) in [5, 5.41) is 4.14. The van der Waals surface area contributed by atoms with E-state index in [0.29, 0.717) is 23.0 Å². The Kier molecular flexibility index (Phi) is 3.42. The van der Waals surface area contributed by atoms with Gasteiger partial charge in [-0.15, -0.1) is 0 Å². The Labute approximate surface area is 120 Å². The first-order chi connectivity index (χ1) is 10.3. The van der Waals surface area contributed by atoms with Crippen LogP contribution < -0.4 is 9.47 Å². The second kappa shape index (κ2) is 5.53. The molecule has 3 heterocycles. The SMILES string of the molecule is COc1ncc(-c2cc(-n3cccn3)ncn2)c(OC)n1. The van der Waals surface area contributed by atoms with Crippen LogP contribution in [0.25, 0.3) is 17.1 Å². The Morgan fingerprint density at radius 2 is 2.00 bits per heavy atom. The molecule has 0 radical (unpaired) electrons. The Balaban J connectivity index is 2.06.